The minimum atomic E-state index is -0.278. The molecule has 0 bridgehead atoms. The summed E-state index contributed by atoms with van der Waals surface area (Å²) in [7, 11) is 0. The number of hydrogen-bond donors (Lipinski definition) is 1. The van der Waals surface area contributed by atoms with Crippen LogP contribution in [0.4, 0.5) is 0 Å². The van der Waals surface area contributed by atoms with Crippen LogP contribution in [0.15, 0.2) is 30.6 Å². The van der Waals surface area contributed by atoms with Crippen LogP contribution in [-0.4, -0.2) is 44.6 Å². The van der Waals surface area contributed by atoms with E-state index in [0.717, 1.165) is 11.4 Å². The van der Waals surface area contributed by atoms with E-state index in [4.69, 9.17) is 0 Å². The van der Waals surface area contributed by atoms with E-state index in [-0.39, 0.29) is 24.2 Å². The maximum atomic E-state index is 12.3. The normalized spacial score (nSPS) is 17.1. The fourth-order valence-electron chi connectivity index (χ4n) is 2.99. The molecule has 2 heterocycles. The van der Waals surface area contributed by atoms with E-state index >= 15 is 0 Å². The van der Waals surface area contributed by atoms with E-state index < -0.39 is 0 Å². The highest BCUT2D eigenvalue weighted by atomic mass is 16.2. The highest BCUT2D eigenvalue weighted by Crippen LogP contribution is 2.20. The molecule has 2 amide bonds. The number of likely N-dealkylation sites (tertiary alicyclic amines) is 1. The van der Waals surface area contributed by atoms with Gasteiger partial charge in [-0.3, -0.25) is 9.59 Å². The van der Waals surface area contributed by atoms with E-state index in [1.807, 2.05) is 42.7 Å². The molecule has 25 heavy (non-hydrogen) atoms. The zero-order chi connectivity index (χ0) is 17.8. The molecule has 1 aliphatic heterocycles. The first kappa shape index (κ1) is 17.1. The quantitative estimate of drug-likeness (QED) is 0.852. The van der Waals surface area contributed by atoms with Crippen LogP contribution in [0.2, 0.25) is 0 Å². The molecule has 1 fully saturated rings. The van der Waals surface area contributed by atoms with Gasteiger partial charge in [-0.25, -0.2) is 0 Å². The number of hydrogen-bond acceptors (Lipinski definition) is 4. The van der Waals surface area contributed by atoms with Gasteiger partial charge in [0.05, 0.1) is 5.92 Å². The fraction of sp³-hybridized carbons (Fsp3) is 0.444. The van der Waals surface area contributed by atoms with Crippen molar-refractivity contribution in [1.29, 1.82) is 0 Å². The first-order chi connectivity index (χ1) is 12.0. The van der Waals surface area contributed by atoms with Crippen LogP contribution in [0, 0.1) is 19.8 Å². The Morgan fingerprint density at radius 3 is 2.72 bits per heavy atom. The van der Waals surface area contributed by atoms with Gasteiger partial charge < -0.3 is 14.8 Å². The van der Waals surface area contributed by atoms with Gasteiger partial charge in [0.2, 0.25) is 11.8 Å². The molecule has 0 unspecified atom stereocenters. The number of amides is 2. The fourth-order valence-corrected chi connectivity index (χ4v) is 2.99. The largest absolute Gasteiger partial charge is 0.354 e. The average Bonchev–Trinajstić information content (AvgIpc) is 3.16. The molecule has 0 aliphatic carbocycles. The van der Waals surface area contributed by atoms with Gasteiger partial charge in [-0.2, -0.15) is 0 Å². The van der Waals surface area contributed by atoms with Crippen molar-refractivity contribution in [2.24, 2.45) is 5.92 Å². The third-order valence-corrected chi connectivity index (χ3v) is 4.54. The molecule has 0 saturated carbocycles. The van der Waals surface area contributed by atoms with Gasteiger partial charge in [0, 0.05) is 32.6 Å². The lowest BCUT2D eigenvalue weighted by atomic mass is 10.1. The van der Waals surface area contributed by atoms with Crippen molar-refractivity contribution in [2.75, 3.05) is 13.1 Å². The van der Waals surface area contributed by atoms with Gasteiger partial charge in [-0.05, 0) is 19.4 Å². The summed E-state index contributed by atoms with van der Waals surface area (Å²) in [6.45, 7) is 6.06. The van der Waals surface area contributed by atoms with Crippen LogP contribution in [-0.2, 0) is 22.7 Å². The summed E-state index contributed by atoms with van der Waals surface area (Å²) < 4.78 is 1.88. The Bertz CT molecular complexity index is 753. The molecule has 1 N–H and O–H groups in total. The lowest BCUT2D eigenvalue weighted by Crippen LogP contribution is -2.34. The number of rotatable bonds is 6. The van der Waals surface area contributed by atoms with Crippen LogP contribution in [0.3, 0.4) is 0 Å². The zero-order valence-electron chi connectivity index (χ0n) is 14.6. The van der Waals surface area contributed by atoms with Gasteiger partial charge in [0.25, 0.3) is 0 Å². The van der Waals surface area contributed by atoms with Crippen molar-refractivity contribution in [3.8, 4) is 0 Å². The summed E-state index contributed by atoms with van der Waals surface area (Å²) in [5.74, 6) is 0.510. The summed E-state index contributed by atoms with van der Waals surface area (Å²) in [6.07, 6.45) is 1.92. The Morgan fingerprint density at radius 1 is 1.28 bits per heavy atom. The lowest BCUT2D eigenvalue weighted by molar-refractivity contribution is -0.129. The molecular weight excluding hydrogens is 318 g/mol. The Labute approximate surface area is 147 Å². The number of aryl methyl sites for hydroxylation is 2. The Balaban J connectivity index is 1.48. The molecular formula is C18H23N5O2. The van der Waals surface area contributed by atoms with Gasteiger partial charge in [0.15, 0.2) is 0 Å². The first-order valence-corrected chi connectivity index (χ1v) is 8.48. The number of carbonyl (C=O) groups is 2. The monoisotopic (exact) mass is 341 g/mol. The third kappa shape index (κ3) is 4.23. The second kappa shape index (κ2) is 7.46. The van der Waals surface area contributed by atoms with Crippen LogP contribution in [0.1, 0.15) is 23.4 Å². The maximum Gasteiger partial charge on any atom is 0.225 e. The van der Waals surface area contributed by atoms with Crippen LogP contribution < -0.4 is 5.32 Å². The molecule has 2 aromatic rings. The molecule has 1 aliphatic rings. The predicted octanol–water partition coefficient (Wildman–Crippen LogP) is 1.06. The summed E-state index contributed by atoms with van der Waals surface area (Å²) in [5.41, 5.74) is 2.28. The number of benzene rings is 1. The van der Waals surface area contributed by atoms with Crippen LogP contribution in [0.5, 0.6) is 0 Å². The minimum Gasteiger partial charge on any atom is -0.354 e. The highest BCUT2D eigenvalue weighted by Gasteiger charge is 2.33. The summed E-state index contributed by atoms with van der Waals surface area (Å²) in [5, 5.41) is 10.6. The van der Waals surface area contributed by atoms with E-state index in [1.165, 1.54) is 5.56 Å². The Morgan fingerprint density at radius 2 is 2.04 bits per heavy atom. The van der Waals surface area contributed by atoms with Gasteiger partial charge in [-0.1, -0.05) is 29.8 Å². The summed E-state index contributed by atoms with van der Waals surface area (Å²) >= 11 is 0. The van der Waals surface area contributed by atoms with E-state index in [0.29, 0.717) is 26.2 Å². The zero-order valence-corrected chi connectivity index (χ0v) is 14.6. The molecule has 1 saturated heterocycles. The molecule has 132 valence electrons. The third-order valence-electron chi connectivity index (χ3n) is 4.54. The van der Waals surface area contributed by atoms with Gasteiger partial charge >= 0.3 is 0 Å². The summed E-state index contributed by atoms with van der Waals surface area (Å²) in [4.78, 5) is 26.3. The van der Waals surface area contributed by atoms with Crippen LogP contribution in [0.25, 0.3) is 0 Å². The molecule has 3 rings (SSSR count). The minimum absolute atomic E-state index is 0.0374. The highest BCUT2D eigenvalue weighted by molar-refractivity contribution is 5.89. The van der Waals surface area contributed by atoms with Gasteiger partial charge in [-0.15, -0.1) is 10.2 Å². The standard InChI is InChI=1S/C18H23N5O2/c1-13-3-5-15(6-4-13)10-23-11-16(9-17(23)24)18(25)19-7-8-22-12-20-21-14(22)2/h3-6,12,16H,7-11H2,1-2H3,(H,19,25)/t16-/m0/s1. The topological polar surface area (TPSA) is 80.1 Å². The van der Waals surface area contributed by atoms with Crippen molar-refractivity contribution in [2.45, 2.75) is 33.4 Å². The maximum absolute atomic E-state index is 12.3. The second-order valence-corrected chi connectivity index (χ2v) is 6.52. The number of nitrogens with one attached hydrogen (secondary N) is 1. The van der Waals surface area contributed by atoms with Crippen molar-refractivity contribution in [3.05, 3.63) is 47.5 Å². The number of aromatic nitrogens is 3. The number of nitrogens with zero attached hydrogens (tertiary/aromatic N) is 4. The van der Waals surface area contributed by atoms with Crippen LogP contribution >= 0.6 is 0 Å². The molecule has 0 radical (unpaired) electrons. The SMILES string of the molecule is Cc1ccc(CN2C[C@@H](C(=O)NCCn3cnnc3C)CC2=O)cc1. The van der Waals surface area contributed by atoms with Gasteiger partial charge in [0.1, 0.15) is 12.2 Å². The van der Waals surface area contributed by atoms with Crippen molar-refractivity contribution in [3.63, 3.8) is 0 Å². The molecule has 1 aromatic carbocycles. The molecule has 0 spiro atoms. The molecule has 7 nitrogen and oxygen atoms in total. The lowest BCUT2D eigenvalue weighted by Gasteiger charge is -2.17. The van der Waals surface area contributed by atoms with Crippen molar-refractivity contribution in [1.82, 2.24) is 25.0 Å². The smallest absolute Gasteiger partial charge is 0.225 e. The molecule has 1 aromatic heterocycles. The van der Waals surface area contributed by atoms with Crippen molar-refractivity contribution < 1.29 is 9.59 Å². The van der Waals surface area contributed by atoms with E-state index in [2.05, 4.69) is 15.5 Å². The molecule has 1 atom stereocenters. The van der Waals surface area contributed by atoms with Crippen molar-refractivity contribution >= 4 is 11.8 Å². The van der Waals surface area contributed by atoms with E-state index in [9.17, 15) is 9.59 Å². The average molecular weight is 341 g/mol. The first-order valence-electron chi connectivity index (χ1n) is 8.48. The predicted molar refractivity (Wildman–Crippen MR) is 92.5 cm³/mol. The molecule has 7 heteroatoms. The Kier molecular flexibility index (Phi) is 5.11. The second-order valence-electron chi connectivity index (χ2n) is 6.52. The van der Waals surface area contributed by atoms with E-state index in [1.54, 1.807) is 11.2 Å². The Hall–Kier alpha value is -2.70. The summed E-state index contributed by atoms with van der Waals surface area (Å²) in [6, 6.07) is 8.12. The number of carbonyl (C=O) groups excluding carboxylic acids is 2.